The van der Waals surface area contributed by atoms with E-state index in [1.54, 1.807) is 12.1 Å². The summed E-state index contributed by atoms with van der Waals surface area (Å²) in [6, 6.07) is 9.01. The van der Waals surface area contributed by atoms with Gasteiger partial charge < -0.3 is 14.5 Å². The maximum absolute atomic E-state index is 11.8. The maximum atomic E-state index is 11.8. The minimum atomic E-state index is -0.239. The molecule has 0 bridgehead atoms. The highest BCUT2D eigenvalue weighted by Gasteiger charge is 2.13. The van der Waals surface area contributed by atoms with E-state index >= 15 is 0 Å². The summed E-state index contributed by atoms with van der Waals surface area (Å²) in [5, 5.41) is 2.81. The first-order valence-electron chi connectivity index (χ1n) is 5.93. The second-order valence-electron chi connectivity index (χ2n) is 4.21. The molecule has 0 saturated heterocycles. The van der Waals surface area contributed by atoms with E-state index in [0.717, 1.165) is 36.4 Å². The molecule has 0 fully saturated rings. The van der Waals surface area contributed by atoms with Gasteiger partial charge in [-0.05, 0) is 48.7 Å². The second kappa shape index (κ2) is 4.56. The number of anilines is 1. The van der Waals surface area contributed by atoms with Crippen molar-refractivity contribution in [3.05, 3.63) is 47.9 Å². The molecule has 0 radical (unpaired) electrons. The van der Waals surface area contributed by atoms with E-state index in [1.165, 1.54) is 6.26 Å². The molecule has 1 aliphatic rings. The number of benzene rings is 1. The highest BCUT2D eigenvalue weighted by molar-refractivity contribution is 6.02. The Labute approximate surface area is 105 Å². The molecular formula is C14H13NO3. The van der Waals surface area contributed by atoms with Crippen LogP contribution in [0.2, 0.25) is 0 Å². The molecule has 1 aliphatic heterocycles. The zero-order chi connectivity index (χ0) is 12.4. The third-order valence-corrected chi connectivity index (χ3v) is 2.91. The van der Waals surface area contributed by atoms with Crippen LogP contribution in [0.25, 0.3) is 0 Å². The average Bonchev–Trinajstić information content (AvgIpc) is 2.92. The first kappa shape index (κ1) is 10.9. The summed E-state index contributed by atoms with van der Waals surface area (Å²) in [5.74, 6) is 0.984. The first-order chi connectivity index (χ1) is 8.83. The van der Waals surface area contributed by atoms with Crippen LogP contribution in [-0.2, 0) is 6.42 Å². The van der Waals surface area contributed by atoms with Gasteiger partial charge in [0.15, 0.2) is 5.76 Å². The van der Waals surface area contributed by atoms with Gasteiger partial charge in [0.2, 0.25) is 0 Å². The minimum absolute atomic E-state index is 0.239. The number of nitrogens with one attached hydrogen (secondary N) is 1. The normalized spacial score (nSPS) is 13.6. The van der Waals surface area contributed by atoms with Gasteiger partial charge in [0, 0.05) is 5.69 Å². The lowest BCUT2D eigenvalue weighted by Gasteiger charge is -2.17. The van der Waals surface area contributed by atoms with Crippen LogP contribution in [0.1, 0.15) is 22.5 Å². The Hall–Kier alpha value is -2.23. The Morgan fingerprint density at radius 2 is 2.22 bits per heavy atom. The van der Waals surface area contributed by atoms with Crippen LogP contribution in [0, 0.1) is 0 Å². The number of hydrogen-bond acceptors (Lipinski definition) is 3. The Bertz CT molecular complexity index is 560. The van der Waals surface area contributed by atoms with E-state index in [2.05, 4.69) is 5.32 Å². The quantitative estimate of drug-likeness (QED) is 0.882. The van der Waals surface area contributed by atoms with Gasteiger partial charge in [0.1, 0.15) is 5.75 Å². The van der Waals surface area contributed by atoms with E-state index in [4.69, 9.17) is 9.15 Å². The van der Waals surface area contributed by atoms with Gasteiger partial charge in [-0.25, -0.2) is 0 Å². The predicted molar refractivity (Wildman–Crippen MR) is 66.9 cm³/mol. The monoisotopic (exact) mass is 243 g/mol. The summed E-state index contributed by atoms with van der Waals surface area (Å²) in [4.78, 5) is 11.8. The maximum Gasteiger partial charge on any atom is 0.291 e. The third-order valence-electron chi connectivity index (χ3n) is 2.91. The van der Waals surface area contributed by atoms with Crippen LogP contribution in [0.5, 0.6) is 5.75 Å². The number of carbonyl (C=O) groups is 1. The molecule has 92 valence electrons. The second-order valence-corrected chi connectivity index (χ2v) is 4.21. The van der Waals surface area contributed by atoms with Crippen molar-refractivity contribution in [2.24, 2.45) is 0 Å². The number of fused-ring (bicyclic) bond motifs is 1. The molecule has 1 amide bonds. The number of ether oxygens (including phenoxy) is 1. The fourth-order valence-corrected chi connectivity index (χ4v) is 2.04. The summed E-state index contributed by atoms with van der Waals surface area (Å²) >= 11 is 0. The van der Waals surface area contributed by atoms with Gasteiger partial charge in [0.05, 0.1) is 12.9 Å². The highest BCUT2D eigenvalue weighted by Crippen LogP contribution is 2.27. The minimum Gasteiger partial charge on any atom is -0.493 e. The van der Waals surface area contributed by atoms with Crippen LogP contribution < -0.4 is 10.1 Å². The van der Waals surface area contributed by atoms with Crippen molar-refractivity contribution >= 4 is 11.6 Å². The molecule has 1 aromatic carbocycles. The summed E-state index contributed by atoms with van der Waals surface area (Å²) < 4.78 is 10.6. The molecule has 0 unspecified atom stereocenters. The Kier molecular flexibility index (Phi) is 2.76. The topological polar surface area (TPSA) is 51.5 Å². The number of carbonyl (C=O) groups excluding carboxylic acids is 1. The van der Waals surface area contributed by atoms with Crippen molar-refractivity contribution < 1.29 is 13.9 Å². The van der Waals surface area contributed by atoms with Crippen LogP contribution in [0.3, 0.4) is 0 Å². The fraction of sp³-hybridized carbons (Fsp3) is 0.214. The number of rotatable bonds is 2. The molecule has 18 heavy (non-hydrogen) atoms. The molecule has 2 heterocycles. The predicted octanol–water partition coefficient (Wildman–Crippen LogP) is 2.86. The van der Waals surface area contributed by atoms with Gasteiger partial charge in [-0.1, -0.05) is 0 Å². The van der Waals surface area contributed by atoms with Crippen molar-refractivity contribution in [2.75, 3.05) is 11.9 Å². The zero-order valence-electron chi connectivity index (χ0n) is 9.81. The molecule has 1 aromatic heterocycles. The summed E-state index contributed by atoms with van der Waals surface area (Å²) in [5.41, 5.74) is 1.90. The van der Waals surface area contributed by atoms with E-state index < -0.39 is 0 Å². The number of furan rings is 1. The zero-order valence-corrected chi connectivity index (χ0v) is 9.81. The fourth-order valence-electron chi connectivity index (χ4n) is 2.04. The van der Waals surface area contributed by atoms with Crippen molar-refractivity contribution in [1.82, 2.24) is 0 Å². The van der Waals surface area contributed by atoms with E-state index in [9.17, 15) is 4.79 Å². The van der Waals surface area contributed by atoms with Gasteiger partial charge in [-0.3, -0.25) is 4.79 Å². The highest BCUT2D eigenvalue weighted by atomic mass is 16.5. The van der Waals surface area contributed by atoms with E-state index in [1.807, 2.05) is 18.2 Å². The first-order valence-corrected chi connectivity index (χ1v) is 5.93. The van der Waals surface area contributed by atoms with Crippen LogP contribution in [0.4, 0.5) is 5.69 Å². The molecule has 4 heteroatoms. The SMILES string of the molecule is O=C(Nc1ccc2c(c1)CCCO2)c1ccco1. The van der Waals surface area contributed by atoms with Gasteiger partial charge in [-0.15, -0.1) is 0 Å². The molecule has 0 saturated carbocycles. The molecule has 0 spiro atoms. The summed E-state index contributed by atoms with van der Waals surface area (Å²) in [6.45, 7) is 0.769. The third kappa shape index (κ3) is 2.09. The molecule has 1 N–H and O–H groups in total. The van der Waals surface area contributed by atoms with Crippen LogP contribution >= 0.6 is 0 Å². The summed E-state index contributed by atoms with van der Waals surface area (Å²) in [7, 11) is 0. The Morgan fingerprint density at radius 1 is 1.28 bits per heavy atom. The van der Waals surface area contributed by atoms with Gasteiger partial charge >= 0.3 is 0 Å². The number of hydrogen-bond donors (Lipinski definition) is 1. The van der Waals surface area contributed by atoms with Crippen molar-refractivity contribution in [3.8, 4) is 5.75 Å². The van der Waals surface area contributed by atoms with Gasteiger partial charge in [-0.2, -0.15) is 0 Å². The molecule has 4 nitrogen and oxygen atoms in total. The standard InChI is InChI=1S/C14H13NO3/c16-14(13-4-2-8-18-13)15-11-5-6-12-10(9-11)3-1-7-17-12/h2,4-6,8-9H,1,3,7H2,(H,15,16). The van der Waals surface area contributed by atoms with Crippen molar-refractivity contribution in [1.29, 1.82) is 0 Å². The molecule has 0 aliphatic carbocycles. The largest absolute Gasteiger partial charge is 0.493 e. The average molecular weight is 243 g/mol. The van der Waals surface area contributed by atoms with E-state index in [-0.39, 0.29) is 5.91 Å². The lowest BCUT2D eigenvalue weighted by molar-refractivity contribution is 0.0996. The lowest BCUT2D eigenvalue weighted by Crippen LogP contribution is -2.12. The molecular weight excluding hydrogens is 230 g/mol. The Balaban J connectivity index is 1.79. The van der Waals surface area contributed by atoms with E-state index in [0.29, 0.717) is 5.76 Å². The number of amides is 1. The van der Waals surface area contributed by atoms with Crippen LogP contribution in [0.15, 0.2) is 41.0 Å². The smallest absolute Gasteiger partial charge is 0.291 e. The summed E-state index contributed by atoms with van der Waals surface area (Å²) in [6.07, 6.45) is 3.48. The Morgan fingerprint density at radius 3 is 3.06 bits per heavy atom. The molecule has 3 rings (SSSR count). The van der Waals surface area contributed by atoms with Gasteiger partial charge in [0.25, 0.3) is 5.91 Å². The molecule has 0 atom stereocenters. The van der Waals surface area contributed by atoms with Crippen molar-refractivity contribution in [2.45, 2.75) is 12.8 Å². The van der Waals surface area contributed by atoms with Crippen molar-refractivity contribution in [3.63, 3.8) is 0 Å². The number of aryl methyl sites for hydroxylation is 1. The molecule has 2 aromatic rings. The van der Waals surface area contributed by atoms with Crippen LogP contribution in [-0.4, -0.2) is 12.5 Å². The lowest BCUT2D eigenvalue weighted by atomic mass is 10.1.